The molecular formula is C23H30O7. The van der Waals surface area contributed by atoms with E-state index in [-0.39, 0.29) is 17.5 Å². The zero-order valence-corrected chi connectivity index (χ0v) is 18.4. The molecule has 5 unspecified atom stereocenters. The summed E-state index contributed by atoms with van der Waals surface area (Å²) in [5, 5.41) is 11.5. The Labute approximate surface area is 177 Å². The fourth-order valence-corrected chi connectivity index (χ4v) is 5.38. The Kier molecular flexibility index (Phi) is 5.89. The Morgan fingerprint density at radius 2 is 1.67 bits per heavy atom. The maximum atomic E-state index is 13.5. The standard InChI is InChI=1S/C23H30O7/c1-8-9-22-12-17(28-5)20(24)23(30-7,21(22)25)18(13(22)2)14-10-15(26-3)19(29-6)16(11-14)27-4/h8,10-13,18,21,25H,1,9H2,2-7H3. The lowest BCUT2D eigenvalue weighted by Gasteiger charge is -2.41. The number of carbonyl (C=O) groups excluding carboxylic acids is 1. The minimum absolute atomic E-state index is 0.186. The zero-order chi connectivity index (χ0) is 22.3. The van der Waals surface area contributed by atoms with Gasteiger partial charge in [0.15, 0.2) is 22.9 Å². The lowest BCUT2D eigenvalue weighted by atomic mass is 9.70. The largest absolute Gasteiger partial charge is 0.493 e. The molecule has 0 spiro atoms. The number of allylic oxidation sites excluding steroid dienone is 1. The van der Waals surface area contributed by atoms with Gasteiger partial charge in [0.1, 0.15) is 6.10 Å². The van der Waals surface area contributed by atoms with E-state index in [4.69, 9.17) is 23.7 Å². The summed E-state index contributed by atoms with van der Waals surface area (Å²) in [5.41, 5.74) is -1.56. The van der Waals surface area contributed by atoms with E-state index in [1.165, 1.54) is 35.5 Å². The molecule has 1 fully saturated rings. The van der Waals surface area contributed by atoms with E-state index in [1.807, 2.05) is 6.92 Å². The van der Waals surface area contributed by atoms with Gasteiger partial charge in [-0.3, -0.25) is 4.79 Å². The molecule has 0 aromatic heterocycles. The van der Waals surface area contributed by atoms with Crippen LogP contribution in [0.25, 0.3) is 0 Å². The van der Waals surface area contributed by atoms with Crippen molar-refractivity contribution in [2.75, 3.05) is 35.5 Å². The topological polar surface area (TPSA) is 83.5 Å². The summed E-state index contributed by atoms with van der Waals surface area (Å²) in [4.78, 5) is 13.5. The van der Waals surface area contributed by atoms with E-state index in [0.717, 1.165) is 5.56 Å². The van der Waals surface area contributed by atoms with Crippen molar-refractivity contribution in [3.8, 4) is 17.2 Å². The summed E-state index contributed by atoms with van der Waals surface area (Å²) in [7, 11) is 7.50. The van der Waals surface area contributed by atoms with E-state index < -0.39 is 23.0 Å². The Balaban J connectivity index is 2.31. The van der Waals surface area contributed by atoms with Crippen LogP contribution >= 0.6 is 0 Å². The number of rotatable bonds is 8. The molecule has 3 rings (SSSR count). The second-order valence-corrected chi connectivity index (χ2v) is 7.77. The molecule has 1 aromatic carbocycles. The van der Waals surface area contributed by atoms with E-state index in [1.54, 1.807) is 24.3 Å². The maximum absolute atomic E-state index is 13.5. The zero-order valence-electron chi connectivity index (χ0n) is 18.4. The van der Waals surface area contributed by atoms with Gasteiger partial charge in [0.2, 0.25) is 11.5 Å². The highest BCUT2D eigenvalue weighted by Crippen LogP contribution is 2.64. The summed E-state index contributed by atoms with van der Waals surface area (Å²) in [6.07, 6.45) is 2.86. The number of fused-ring (bicyclic) bond motifs is 2. The number of ether oxygens (including phenoxy) is 5. The van der Waals surface area contributed by atoms with Crippen LogP contribution in [-0.4, -0.2) is 58.1 Å². The van der Waals surface area contributed by atoms with Gasteiger partial charge in [-0.25, -0.2) is 0 Å². The first-order chi connectivity index (χ1) is 14.3. The predicted octanol–water partition coefficient (Wildman–Crippen LogP) is 2.87. The van der Waals surface area contributed by atoms with Crippen molar-refractivity contribution in [1.29, 1.82) is 0 Å². The second kappa shape index (κ2) is 7.96. The molecule has 2 aliphatic carbocycles. The number of methoxy groups -OCH3 is 5. The summed E-state index contributed by atoms with van der Waals surface area (Å²) < 4.78 is 27.7. The van der Waals surface area contributed by atoms with Gasteiger partial charge in [0, 0.05) is 18.4 Å². The normalized spacial score (nSPS) is 32.4. The molecule has 1 aromatic rings. The first-order valence-corrected chi connectivity index (χ1v) is 9.78. The number of benzene rings is 1. The van der Waals surface area contributed by atoms with E-state index in [2.05, 4.69) is 6.58 Å². The van der Waals surface area contributed by atoms with Crippen LogP contribution in [0.1, 0.15) is 24.8 Å². The summed E-state index contributed by atoms with van der Waals surface area (Å²) in [5.74, 6) is 0.492. The molecule has 1 N–H and O–H groups in total. The lowest BCUT2D eigenvalue weighted by Crippen LogP contribution is -2.57. The lowest BCUT2D eigenvalue weighted by molar-refractivity contribution is -0.162. The summed E-state index contributed by atoms with van der Waals surface area (Å²) >= 11 is 0. The number of aliphatic hydroxyl groups excluding tert-OH is 1. The number of Topliss-reactive ketones (excluding diaryl/α,β-unsaturated/α-hetero) is 1. The molecule has 0 radical (unpaired) electrons. The van der Waals surface area contributed by atoms with Crippen molar-refractivity contribution in [3.63, 3.8) is 0 Å². The Morgan fingerprint density at radius 1 is 1.07 bits per heavy atom. The van der Waals surface area contributed by atoms with Gasteiger partial charge >= 0.3 is 0 Å². The predicted molar refractivity (Wildman–Crippen MR) is 111 cm³/mol. The van der Waals surface area contributed by atoms with Gasteiger partial charge in [-0.2, -0.15) is 0 Å². The van der Waals surface area contributed by atoms with Crippen LogP contribution in [0.5, 0.6) is 17.2 Å². The van der Waals surface area contributed by atoms with Gasteiger partial charge in [0.25, 0.3) is 0 Å². The van der Waals surface area contributed by atoms with Crippen molar-refractivity contribution >= 4 is 5.78 Å². The van der Waals surface area contributed by atoms with Gasteiger partial charge in [-0.15, -0.1) is 6.58 Å². The number of carbonyl (C=O) groups is 1. The quantitative estimate of drug-likeness (QED) is 0.650. The molecule has 7 heteroatoms. The average molecular weight is 418 g/mol. The van der Waals surface area contributed by atoms with Crippen LogP contribution in [0.2, 0.25) is 0 Å². The smallest absolute Gasteiger partial charge is 0.232 e. The third-order valence-electron chi connectivity index (χ3n) is 6.81. The molecule has 164 valence electrons. The molecule has 2 bridgehead atoms. The van der Waals surface area contributed by atoms with E-state index in [9.17, 15) is 9.90 Å². The van der Waals surface area contributed by atoms with Crippen molar-refractivity contribution in [2.45, 2.75) is 31.0 Å². The first-order valence-electron chi connectivity index (χ1n) is 9.78. The van der Waals surface area contributed by atoms with Gasteiger partial charge in [0.05, 0.1) is 28.4 Å². The van der Waals surface area contributed by atoms with E-state index >= 15 is 0 Å². The van der Waals surface area contributed by atoms with Crippen LogP contribution in [-0.2, 0) is 14.3 Å². The van der Waals surface area contributed by atoms with Crippen molar-refractivity contribution in [2.24, 2.45) is 11.3 Å². The number of hydrogen-bond donors (Lipinski definition) is 1. The molecule has 5 atom stereocenters. The summed E-state index contributed by atoms with van der Waals surface area (Å²) in [6, 6.07) is 3.61. The average Bonchev–Trinajstić information content (AvgIpc) is 2.89. The highest BCUT2D eigenvalue weighted by atomic mass is 16.5. The highest BCUT2D eigenvalue weighted by molar-refractivity contribution is 6.04. The van der Waals surface area contributed by atoms with Crippen LogP contribution in [0, 0.1) is 11.3 Å². The number of hydrogen-bond acceptors (Lipinski definition) is 7. The monoisotopic (exact) mass is 418 g/mol. The Hall–Kier alpha value is -2.51. The van der Waals surface area contributed by atoms with Crippen molar-refractivity contribution < 1.29 is 33.6 Å². The fraction of sp³-hybridized carbons (Fsp3) is 0.522. The number of aliphatic hydroxyl groups is 1. The minimum Gasteiger partial charge on any atom is -0.493 e. The number of ketones is 1. The third-order valence-corrected chi connectivity index (χ3v) is 6.81. The molecule has 0 aliphatic heterocycles. The molecule has 30 heavy (non-hydrogen) atoms. The van der Waals surface area contributed by atoms with Crippen LogP contribution < -0.4 is 14.2 Å². The molecule has 0 heterocycles. The molecule has 0 amide bonds. The Morgan fingerprint density at radius 3 is 2.10 bits per heavy atom. The highest BCUT2D eigenvalue weighted by Gasteiger charge is 2.72. The first kappa shape index (κ1) is 22.2. The maximum Gasteiger partial charge on any atom is 0.232 e. The van der Waals surface area contributed by atoms with Crippen LogP contribution in [0.3, 0.4) is 0 Å². The van der Waals surface area contributed by atoms with Crippen LogP contribution in [0.4, 0.5) is 0 Å². The minimum atomic E-state index is -1.52. The fourth-order valence-electron chi connectivity index (χ4n) is 5.38. The van der Waals surface area contributed by atoms with Gasteiger partial charge < -0.3 is 28.8 Å². The Bertz CT molecular complexity index is 851. The summed E-state index contributed by atoms with van der Waals surface area (Å²) in [6.45, 7) is 5.87. The molecule has 7 nitrogen and oxygen atoms in total. The van der Waals surface area contributed by atoms with Crippen molar-refractivity contribution in [1.82, 2.24) is 0 Å². The van der Waals surface area contributed by atoms with Crippen LogP contribution in [0.15, 0.2) is 36.6 Å². The van der Waals surface area contributed by atoms with Gasteiger partial charge in [-0.05, 0) is 36.1 Å². The van der Waals surface area contributed by atoms with Gasteiger partial charge in [-0.1, -0.05) is 13.0 Å². The van der Waals surface area contributed by atoms with E-state index in [0.29, 0.717) is 23.7 Å². The SMILES string of the molecule is C=CCC12C=C(OC)C(=O)C(OC)(C(c3cc(OC)c(OC)c(OC)c3)C1C)C2O. The molecule has 1 saturated carbocycles. The second-order valence-electron chi connectivity index (χ2n) is 7.77. The molecule has 2 aliphatic rings. The molecular weight excluding hydrogens is 388 g/mol. The molecule has 0 saturated heterocycles. The van der Waals surface area contributed by atoms with Crippen molar-refractivity contribution in [3.05, 3.63) is 42.2 Å². The third kappa shape index (κ3) is 2.68.